The highest BCUT2D eigenvalue weighted by atomic mass is 32.2. The van der Waals surface area contributed by atoms with Crippen LogP contribution in [0.5, 0.6) is 5.75 Å². The highest BCUT2D eigenvalue weighted by Gasteiger charge is 2.09. The maximum absolute atomic E-state index is 13.2. The Morgan fingerprint density at radius 3 is 2.83 bits per heavy atom. The monoisotopic (exact) mass is 273 g/mol. The van der Waals surface area contributed by atoms with E-state index in [9.17, 15) is 9.50 Å². The Labute approximate surface area is 112 Å². The van der Waals surface area contributed by atoms with Gasteiger partial charge in [0.05, 0.1) is 0 Å². The van der Waals surface area contributed by atoms with Crippen LogP contribution in [0.15, 0.2) is 24.3 Å². The maximum Gasteiger partial charge on any atom is 0.165 e. The quantitative estimate of drug-likeness (QED) is 0.759. The summed E-state index contributed by atoms with van der Waals surface area (Å²) in [5.41, 5.74) is 0. The summed E-state index contributed by atoms with van der Waals surface area (Å²) < 4.78 is 18.5. The molecule has 0 aliphatic rings. The molecule has 18 heavy (non-hydrogen) atoms. The van der Waals surface area contributed by atoms with E-state index in [4.69, 9.17) is 4.74 Å². The van der Waals surface area contributed by atoms with Crippen LogP contribution in [0.3, 0.4) is 0 Å². The van der Waals surface area contributed by atoms with Crippen LogP contribution in [-0.2, 0) is 0 Å². The molecule has 2 N–H and O–H groups in total. The second-order valence-corrected chi connectivity index (χ2v) is 5.07. The molecule has 0 radical (unpaired) electrons. The fourth-order valence-electron chi connectivity index (χ4n) is 1.45. The smallest absolute Gasteiger partial charge is 0.165 e. The van der Waals surface area contributed by atoms with Crippen molar-refractivity contribution in [3.8, 4) is 5.75 Å². The van der Waals surface area contributed by atoms with Crippen molar-refractivity contribution in [1.82, 2.24) is 5.32 Å². The zero-order chi connectivity index (χ0) is 13.4. The number of hydrogen-bond donors (Lipinski definition) is 2. The first kappa shape index (κ1) is 15.3. The molecule has 1 rings (SSSR count). The summed E-state index contributed by atoms with van der Waals surface area (Å²) in [4.78, 5) is 0. The van der Waals surface area contributed by atoms with Crippen LogP contribution < -0.4 is 10.1 Å². The largest absolute Gasteiger partial charge is 0.488 e. The molecule has 0 amide bonds. The predicted octanol–water partition coefficient (Wildman–Crippen LogP) is 1.91. The lowest BCUT2D eigenvalue weighted by atomic mass is 10.3. The van der Waals surface area contributed by atoms with Crippen molar-refractivity contribution in [1.29, 1.82) is 0 Å². The summed E-state index contributed by atoms with van der Waals surface area (Å²) in [5, 5.41) is 12.9. The van der Waals surface area contributed by atoms with Gasteiger partial charge in [-0.1, -0.05) is 12.1 Å². The molecular weight excluding hydrogens is 253 g/mol. The third kappa shape index (κ3) is 5.71. The van der Waals surface area contributed by atoms with Crippen molar-refractivity contribution in [3.05, 3.63) is 30.1 Å². The Morgan fingerprint density at radius 1 is 1.44 bits per heavy atom. The first-order chi connectivity index (χ1) is 8.63. The van der Waals surface area contributed by atoms with Crippen molar-refractivity contribution in [2.45, 2.75) is 19.1 Å². The van der Waals surface area contributed by atoms with Crippen LogP contribution in [-0.4, -0.2) is 42.4 Å². The van der Waals surface area contributed by atoms with Crippen molar-refractivity contribution < 1.29 is 14.2 Å². The SMILES string of the molecule is CSCC(C)NCC(O)COc1ccccc1F. The molecule has 3 nitrogen and oxygen atoms in total. The molecule has 0 heterocycles. The molecule has 1 aromatic rings. The van der Waals surface area contributed by atoms with Gasteiger partial charge in [0.25, 0.3) is 0 Å². The molecule has 0 fully saturated rings. The number of hydrogen-bond acceptors (Lipinski definition) is 4. The van der Waals surface area contributed by atoms with E-state index in [-0.39, 0.29) is 12.4 Å². The van der Waals surface area contributed by atoms with Gasteiger partial charge in [-0.2, -0.15) is 11.8 Å². The molecule has 2 unspecified atom stereocenters. The van der Waals surface area contributed by atoms with Crippen molar-refractivity contribution in [3.63, 3.8) is 0 Å². The summed E-state index contributed by atoms with van der Waals surface area (Å²) in [6, 6.07) is 6.52. The fourth-order valence-corrected chi connectivity index (χ4v) is 2.07. The van der Waals surface area contributed by atoms with Gasteiger partial charge in [0.1, 0.15) is 12.7 Å². The van der Waals surface area contributed by atoms with E-state index in [0.29, 0.717) is 12.6 Å². The highest BCUT2D eigenvalue weighted by Crippen LogP contribution is 2.15. The van der Waals surface area contributed by atoms with Crippen molar-refractivity contribution in [2.24, 2.45) is 0 Å². The Balaban J connectivity index is 2.25. The summed E-state index contributed by atoms with van der Waals surface area (Å²) in [6.07, 6.45) is 1.39. The molecule has 0 saturated heterocycles. The summed E-state index contributed by atoms with van der Waals surface area (Å²) in [7, 11) is 0. The zero-order valence-corrected chi connectivity index (χ0v) is 11.5. The summed E-state index contributed by atoms with van der Waals surface area (Å²) >= 11 is 1.75. The molecule has 1 aromatic carbocycles. The zero-order valence-electron chi connectivity index (χ0n) is 10.7. The molecular formula is C13H20FNO2S. The lowest BCUT2D eigenvalue weighted by Crippen LogP contribution is -2.37. The number of aliphatic hydroxyl groups is 1. The lowest BCUT2D eigenvalue weighted by Gasteiger charge is -2.17. The van der Waals surface area contributed by atoms with Gasteiger partial charge >= 0.3 is 0 Å². The van der Waals surface area contributed by atoms with Gasteiger partial charge in [-0.15, -0.1) is 0 Å². The van der Waals surface area contributed by atoms with E-state index in [2.05, 4.69) is 12.2 Å². The third-order valence-electron chi connectivity index (χ3n) is 2.39. The van der Waals surface area contributed by atoms with Crippen LogP contribution in [0.2, 0.25) is 0 Å². The minimum atomic E-state index is -0.645. The van der Waals surface area contributed by atoms with Gasteiger partial charge in [0.2, 0.25) is 0 Å². The normalized spacial score (nSPS) is 14.2. The van der Waals surface area contributed by atoms with Crippen LogP contribution in [0.25, 0.3) is 0 Å². The van der Waals surface area contributed by atoms with Gasteiger partial charge in [-0.05, 0) is 25.3 Å². The maximum atomic E-state index is 13.2. The Hall–Kier alpha value is -0.780. The number of ether oxygens (including phenoxy) is 1. The van der Waals surface area contributed by atoms with Crippen molar-refractivity contribution in [2.75, 3.05) is 25.2 Å². The van der Waals surface area contributed by atoms with Gasteiger partial charge in [-0.3, -0.25) is 0 Å². The van der Waals surface area contributed by atoms with E-state index >= 15 is 0 Å². The second kappa shape index (κ2) is 8.34. The molecule has 0 spiro atoms. The number of nitrogens with one attached hydrogen (secondary N) is 1. The second-order valence-electron chi connectivity index (χ2n) is 4.16. The highest BCUT2D eigenvalue weighted by molar-refractivity contribution is 7.98. The Bertz CT molecular complexity index is 352. The van der Waals surface area contributed by atoms with Crippen LogP contribution in [0, 0.1) is 5.82 Å². The number of benzene rings is 1. The molecule has 0 aliphatic heterocycles. The average molecular weight is 273 g/mol. The Morgan fingerprint density at radius 2 is 2.17 bits per heavy atom. The molecule has 0 aromatic heterocycles. The van der Waals surface area contributed by atoms with Gasteiger partial charge in [-0.25, -0.2) is 4.39 Å². The molecule has 0 aliphatic carbocycles. The van der Waals surface area contributed by atoms with Gasteiger partial charge in [0.15, 0.2) is 11.6 Å². The first-order valence-corrected chi connectivity index (χ1v) is 7.30. The van der Waals surface area contributed by atoms with Crippen molar-refractivity contribution >= 4 is 11.8 Å². The minimum absolute atomic E-state index is 0.0833. The minimum Gasteiger partial charge on any atom is -0.488 e. The van der Waals surface area contributed by atoms with E-state index in [1.165, 1.54) is 6.07 Å². The predicted molar refractivity (Wildman–Crippen MR) is 73.7 cm³/mol. The van der Waals surface area contributed by atoms with E-state index < -0.39 is 11.9 Å². The molecule has 102 valence electrons. The van der Waals surface area contributed by atoms with E-state index in [1.54, 1.807) is 30.0 Å². The number of halogens is 1. The topological polar surface area (TPSA) is 41.5 Å². The number of thioether (sulfide) groups is 1. The molecule has 0 bridgehead atoms. The van der Waals surface area contributed by atoms with E-state index in [0.717, 1.165) is 5.75 Å². The van der Waals surface area contributed by atoms with E-state index in [1.807, 2.05) is 6.26 Å². The fraction of sp³-hybridized carbons (Fsp3) is 0.538. The molecule has 2 atom stereocenters. The third-order valence-corrected chi connectivity index (χ3v) is 3.22. The number of aliphatic hydroxyl groups excluding tert-OH is 1. The van der Waals surface area contributed by atoms with Crippen LogP contribution in [0.1, 0.15) is 6.92 Å². The standard InChI is InChI=1S/C13H20FNO2S/c1-10(9-18-2)15-7-11(16)8-17-13-6-4-3-5-12(13)14/h3-6,10-11,15-16H,7-9H2,1-2H3. The lowest BCUT2D eigenvalue weighted by molar-refractivity contribution is 0.102. The molecule has 5 heteroatoms. The van der Waals surface area contributed by atoms with Crippen LogP contribution >= 0.6 is 11.8 Å². The summed E-state index contributed by atoms with van der Waals surface area (Å²) in [6.45, 7) is 2.58. The Kier molecular flexibility index (Phi) is 7.08. The summed E-state index contributed by atoms with van der Waals surface area (Å²) in [5.74, 6) is 0.753. The molecule has 0 saturated carbocycles. The van der Waals surface area contributed by atoms with Crippen LogP contribution in [0.4, 0.5) is 4.39 Å². The first-order valence-electron chi connectivity index (χ1n) is 5.91. The number of rotatable bonds is 8. The number of para-hydroxylation sites is 1. The average Bonchev–Trinajstić information content (AvgIpc) is 2.36. The van der Waals surface area contributed by atoms with Gasteiger partial charge < -0.3 is 15.2 Å². The van der Waals surface area contributed by atoms with Gasteiger partial charge in [0, 0.05) is 18.3 Å².